The van der Waals surface area contributed by atoms with Gasteiger partial charge in [0.1, 0.15) is 22.3 Å². The van der Waals surface area contributed by atoms with Crippen LogP contribution in [0.3, 0.4) is 0 Å². The molecule has 11 heteroatoms. The summed E-state index contributed by atoms with van der Waals surface area (Å²) in [6.07, 6.45) is 2.90. The van der Waals surface area contributed by atoms with E-state index in [4.69, 9.17) is 9.47 Å². The molecule has 0 radical (unpaired) electrons. The number of nitrogens with one attached hydrogen (secondary N) is 2. The molecule has 3 heterocycles. The fraction of sp³-hybridized carbons (Fsp3) is 0.318. The summed E-state index contributed by atoms with van der Waals surface area (Å²) in [4.78, 5) is 23.8. The Kier molecular flexibility index (Phi) is 6.61. The van der Waals surface area contributed by atoms with Crippen molar-refractivity contribution in [1.82, 2.24) is 15.3 Å². The number of H-pyrrole nitrogens is 1. The van der Waals surface area contributed by atoms with Crippen LogP contribution in [0.15, 0.2) is 46.5 Å². The van der Waals surface area contributed by atoms with E-state index in [1.807, 2.05) is 19.1 Å². The summed E-state index contributed by atoms with van der Waals surface area (Å²) in [5, 5.41) is 4.64. The molecule has 1 aromatic carbocycles. The first-order chi connectivity index (χ1) is 15.8. The third-order valence-corrected chi connectivity index (χ3v) is 7.17. The molecule has 0 saturated heterocycles. The lowest BCUT2D eigenvalue weighted by Gasteiger charge is -2.09. The zero-order valence-corrected chi connectivity index (χ0v) is 20.0. The number of aliphatic imine (C=N–C) groups is 1. The van der Waals surface area contributed by atoms with Crippen LogP contribution in [0, 0.1) is 0 Å². The molecule has 33 heavy (non-hydrogen) atoms. The maximum absolute atomic E-state index is 11.9. The van der Waals surface area contributed by atoms with Gasteiger partial charge in [-0.2, -0.15) is 0 Å². The van der Waals surface area contributed by atoms with Gasteiger partial charge in [-0.05, 0) is 31.2 Å². The summed E-state index contributed by atoms with van der Waals surface area (Å²) in [5.74, 6) is 1.56. The van der Waals surface area contributed by atoms with Gasteiger partial charge in [-0.15, -0.1) is 0 Å². The smallest absolute Gasteiger partial charge is 0.221 e. The zero-order chi connectivity index (χ0) is 23.6. The lowest BCUT2D eigenvalue weighted by Crippen LogP contribution is -2.26. The van der Waals surface area contributed by atoms with Gasteiger partial charge in [-0.1, -0.05) is 11.8 Å². The molecule has 0 bridgehead atoms. The van der Waals surface area contributed by atoms with Gasteiger partial charge in [0.15, 0.2) is 14.9 Å². The van der Waals surface area contributed by atoms with E-state index in [2.05, 4.69) is 20.3 Å². The standard InChI is InChI=1S/C22H24N4O5S2/c1-4-23-19(27)10-16-12-25-22(32-16)17-8-13-7-15(9-18(30-2)21(13)26-17)31-14-5-6-20(24-11-14)33(3,28)29/h5-9,11,16,26H,4,10,12H2,1-3H3,(H,23,27). The first-order valence-corrected chi connectivity index (χ1v) is 13.1. The number of carbonyl (C=O) groups is 1. The molecule has 1 atom stereocenters. The van der Waals surface area contributed by atoms with E-state index < -0.39 is 9.84 Å². The van der Waals surface area contributed by atoms with Crippen LogP contribution in [0.4, 0.5) is 0 Å². The molecule has 9 nitrogen and oxygen atoms in total. The quantitative estimate of drug-likeness (QED) is 0.499. The summed E-state index contributed by atoms with van der Waals surface area (Å²) in [7, 11) is -1.80. The SMILES string of the molecule is CCNC(=O)CC1CN=C(c2cc3cc(Oc4ccc(S(C)(=O)=O)nc4)cc(OC)c3[nH]2)S1. The predicted octanol–water partition coefficient (Wildman–Crippen LogP) is 3.16. The van der Waals surface area contributed by atoms with Crippen molar-refractivity contribution < 1.29 is 22.7 Å². The molecule has 174 valence electrons. The van der Waals surface area contributed by atoms with Gasteiger partial charge in [0.25, 0.3) is 0 Å². The number of hydrogen-bond acceptors (Lipinski definition) is 8. The van der Waals surface area contributed by atoms with Gasteiger partial charge in [0.05, 0.1) is 31.1 Å². The number of pyridine rings is 1. The molecule has 0 aliphatic carbocycles. The Morgan fingerprint density at radius 2 is 2.09 bits per heavy atom. The third-order valence-electron chi connectivity index (χ3n) is 4.94. The average Bonchev–Trinajstić information content (AvgIpc) is 3.40. The molecule has 0 saturated carbocycles. The van der Waals surface area contributed by atoms with Crippen molar-refractivity contribution >= 4 is 43.5 Å². The Labute approximate surface area is 195 Å². The molecule has 1 unspecified atom stereocenters. The number of benzene rings is 1. The Morgan fingerprint density at radius 3 is 2.76 bits per heavy atom. The number of aromatic amines is 1. The van der Waals surface area contributed by atoms with Gasteiger partial charge in [-0.3, -0.25) is 9.79 Å². The minimum Gasteiger partial charge on any atom is -0.494 e. The first-order valence-electron chi connectivity index (χ1n) is 10.3. The molecule has 1 aliphatic heterocycles. The highest BCUT2D eigenvalue weighted by Crippen LogP contribution is 2.36. The van der Waals surface area contributed by atoms with Crippen LogP contribution in [0.2, 0.25) is 0 Å². The number of amides is 1. The number of aromatic nitrogens is 2. The number of thioether (sulfide) groups is 1. The van der Waals surface area contributed by atoms with E-state index in [-0.39, 0.29) is 16.2 Å². The lowest BCUT2D eigenvalue weighted by molar-refractivity contribution is -0.120. The van der Waals surface area contributed by atoms with Crippen LogP contribution in [-0.2, 0) is 14.6 Å². The molecule has 2 aromatic heterocycles. The zero-order valence-electron chi connectivity index (χ0n) is 18.4. The highest BCUT2D eigenvalue weighted by atomic mass is 32.2. The van der Waals surface area contributed by atoms with Gasteiger partial charge < -0.3 is 19.8 Å². The average molecular weight is 489 g/mol. The Bertz CT molecular complexity index is 1320. The molecular weight excluding hydrogens is 464 g/mol. The number of fused-ring (bicyclic) bond motifs is 1. The predicted molar refractivity (Wildman–Crippen MR) is 128 cm³/mol. The largest absolute Gasteiger partial charge is 0.494 e. The Morgan fingerprint density at radius 1 is 1.27 bits per heavy atom. The highest BCUT2D eigenvalue weighted by molar-refractivity contribution is 8.15. The van der Waals surface area contributed by atoms with Crippen LogP contribution < -0.4 is 14.8 Å². The van der Waals surface area contributed by atoms with Crippen LogP contribution in [-0.4, -0.2) is 61.0 Å². The molecule has 1 aliphatic rings. The minimum absolute atomic E-state index is 0.0153. The molecular formula is C22H24N4O5S2. The Balaban J connectivity index is 1.54. The number of nitrogens with zero attached hydrogens (tertiary/aromatic N) is 2. The Hall–Kier alpha value is -3.05. The third kappa shape index (κ3) is 5.31. The number of hydrogen-bond donors (Lipinski definition) is 2. The number of sulfone groups is 1. The molecule has 0 spiro atoms. The second-order valence-electron chi connectivity index (χ2n) is 7.52. The van der Waals surface area contributed by atoms with Crippen molar-refractivity contribution in [3.05, 3.63) is 42.2 Å². The summed E-state index contributed by atoms with van der Waals surface area (Å²) in [5.41, 5.74) is 1.66. The van der Waals surface area contributed by atoms with Crippen LogP contribution in [0.5, 0.6) is 17.2 Å². The van der Waals surface area contributed by atoms with Gasteiger partial charge >= 0.3 is 0 Å². The summed E-state index contributed by atoms with van der Waals surface area (Å²) in [6.45, 7) is 3.11. The molecule has 3 aromatic rings. The number of carbonyl (C=O) groups excluding carboxylic acids is 1. The van der Waals surface area contributed by atoms with Crippen molar-refractivity contribution in [2.45, 2.75) is 23.6 Å². The second-order valence-corrected chi connectivity index (χ2v) is 10.8. The minimum atomic E-state index is -3.38. The van der Waals surface area contributed by atoms with Gasteiger partial charge in [0.2, 0.25) is 5.91 Å². The highest BCUT2D eigenvalue weighted by Gasteiger charge is 2.24. The van der Waals surface area contributed by atoms with E-state index in [9.17, 15) is 13.2 Å². The number of ether oxygens (including phenoxy) is 2. The summed E-state index contributed by atoms with van der Waals surface area (Å²) < 4.78 is 34.6. The van der Waals surface area contributed by atoms with E-state index in [0.717, 1.165) is 27.9 Å². The van der Waals surface area contributed by atoms with Crippen molar-refractivity contribution in [3.63, 3.8) is 0 Å². The summed E-state index contributed by atoms with van der Waals surface area (Å²) >= 11 is 1.59. The monoisotopic (exact) mass is 488 g/mol. The molecule has 4 rings (SSSR count). The van der Waals surface area contributed by atoms with E-state index >= 15 is 0 Å². The topological polar surface area (TPSA) is 123 Å². The molecule has 2 N–H and O–H groups in total. The van der Waals surface area contributed by atoms with Gasteiger partial charge in [0, 0.05) is 35.9 Å². The van der Waals surface area contributed by atoms with Crippen LogP contribution >= 0.6 is 11.8 Å². The lowest BCUT2D eigenvalue weighted by atomic mass is 10.2. The maximum Gasteiger partial charge on any atom is 0.221 e. The molecule has 1 amide bonds. The van der Waals surface area contributed by atoms with Crippen molar-refractivity contribution in [2.24, 2.45) is 4.99 Å². The number of rotatable bonds is 8. The second kappa shape index (κ2) is 9.44. The number of methoxy groups -OCH3 is 1. The fourth-order valence-electron chi connectivity index (χ4n) is 3.45. The molecule has 0 fully saturated rings. The van der Waals surface area contributed by atoms with Gasteiger partial charge in [-0.25, -0.2) is 13.4 Å². The van der Waals surface area contributed by atoms with Crippen molar-refractivity contribution in [1.29, 1.82) is 0 Å². The fourth-order valence-corrected chi connectivity index (χ4v) is 5.10. The normalized spacial score (nSPS) is 16.0. The first kappa shape index (κ1) is 23.1. The van der Waals surface area contributed by atoms with Crippen LogP contribution in [0.1, 0.15) is 19.0 Å². The van der Waals surface area contributed by atoms with Crippen LogP contribution in [0.25, 0.3) is 10.9 Å². The van der Waals surface area contributed by atoms with E-state index in [1.165, 1.54) is 12.3 Å². The maximum atomic E-state index is 11.9. The van der Waals surface area contributed by atoms with Crippen molar-refractivity contribution in [2.75, 3.05) is 26.5 Å². The van der Waals surface area contributed by atoms with E-state index in [0.29, 0.717) is 36.8 Å². The van der Waals surface area contributed by atoms with E-state index in [1.54, 1.807) is 31.0 Å². The van der Waals surface area contributed by atoms with Crippen molar-refractivity contribution in [3.8, 4) is 17.2 Å². The summed E-state index contributed by atoms with van der Waals surface area (Å²) in [6, 6.07) is 8.53.